The summed E-state index contributed by atoms with van der Waals surface area (Å²) in [5.74, 6) is 1.75. The van der Waals surface area contributed by atoms with Crippen molar-refractivity contribution in [2.75, 3.05) is 0 Å². The van der Waals surface area contributed by atoms with Gasteiger partial charge in [0.1, 0.15) is 17.8 Å². The van der Waals surface area contributed by atoms with Crippen LogP contribution in [0.2, 0.25) is 0 Å². The third-order valence-corrected chi connectivity index (χ3v) is 9.15. The second-order valence-corrected chi connectivity index (χ2v) is 11.3. The van der Waals surface area contributed by atoms with E-state index in [1.165, 1.54) is 22.3 Å². The molecule has 0 radical (unpaired) electrons. The standard InChI is InChI=1S/C41H26N2O/c1-2-12-27(13-3-1)41(36-18-8-10-20-38(36)44-39-21-11-9-19-37(39)41)28-22-23-32-29-14-6-7-17-33(29)40-35(25-42-26-43-40)31-16-5-4-15-30(31)34(32)24-28/h1-26H. The largest absolute Gasteiger partial charge is 0.457 e. The van der Waals surface area contributed by atoms with Crippen LogP contribution in [0.5, 0.6) is 11.5 Å². The molecule has 44 heavy (non-hydrogen) atoms. The summed E-state index contributed by atoms with van der Waals surface area (Å²) in [6.45, 7) is 0. The van der Waals surface area contributed by atoms with Crippen LogP contribution in [0, 0.1) is 0 Å². The molecule has 9 rings (SSSR count). The number of nitrogens with zero attached hydrogens (tertiary/aromatic N) is 2. The van der Waals surface area contributed by atoms with E-state index in [1.807, 2.05) is 6.20 Å². The highest BCUT2D eigenvalue weighted by atomic mass is 16.5. The molecule has 0 unspecified atom stereocenters. The Kier molecular flexibility index (Phi) is 5.41. The molecule has 1 aromatic heterocycles. The average molecular weight is 563 g/mol. The zero-order valence-corrected chi connectivity index (χ0v) is 23.8. The van der Waals surface area contributed by atoms with Gasteiger partial charge in [0.2, 0.25) is 0 Å². The van der Waals surface area contributed by atoms with Crippen molar-refractivity contribution in [3.8, 4) is 56.1 Å². The second kappa shape index (κ2) is 9.62. The third kappa shape index (κ3) is 3.44. The minimum Gasteiger partial charge on any atom is -0.457 e. The molecule has 0 saturated carbocycles. The van der Waals surface area contributed by atoms with Crippen LogP contribution in [0.15, 0.2) is 158 Å². The Morgan fingerprint density at radius 1 is 0.432 bits per heavy atom. The number of benzene rings is 6. The number of para-hydroxylation sites is 2. The zero-order valence-electron chi connectivity index (χ0n) is 23.8. The lowest BCUT2D eigenvalue weighted by molar-refractivity contribution is 0.434. The van der Waals surface area contributed by atoms with Gasteiger partial charge in [-0.25, -0.2) is 9.97 Å². The smallest absolute Gasteiger partial charge is 0.132 e. The van der Waals surface area contributed by atoms with E-state index in [-0.39, 0.29) is 0 Å². The van der Waals surface area contributed by atoms with Gasteiger partial charge in [0.05, 0.1) is 11.1 Å². The maximum Gasteiger partial charge on any atom is 0.132 e. The molecule has 2 heterocycles. The summed E-state index contributed by atoms with van der Waals surface area (Å²) in [5, 5.41) is 0. The summed E-state index contributed by atoms with van der Waals surface area (Å²) in [6.07, 6.45) is 3.59. The third-order valence-electron chi connectivity index (χ3n) is 9.15. The van der Waals surface area contributed by atoms with E-state index in [0.717, 1.165) is 56.1 Å². The molecule has 6 aromatic carbocycles. The lowest BCUT2D eigenvalue weighted by Gasteiger charge is -2.42. The molecule has 0 amide bonds. The number of hydrogen-bond donors (Lipinski definition) is 0. The van der Waals surface area contributed by atoms with Gasteiger partial charge in [0, 0.05) is 28.5 Å². The number of fused-ring (bicyclic) bond motifs is 10. The maximum atomic E-state index is 6.55. The van der Waals surface area contributed by atoms with Gasteiger partial charge in [0.25, 0.3) is 0 Å². The predicted octanol–water partition coefficient (Wildman–Crippen LogP) is 9.95. The van der Waals surface area contributed by atoms with Crippen molar-refractivity contribution in [3.63, 3.8) is 0 Å². The van der Waals surface area contributed by atoms with Crippen LogP contribution in [0.1, 0.15) is 22.3 Å². The van der Waals surface area contributed by atoms with E-state index in [2.05, 4.69) is 151 Å². The fraction of sp³-hybridized carbons (Fsp3) is 0.0244. The van der Waals surface area contributed by atoms with E-state index in [1.54, 1.807) is 6.33 Å². The Balaban J connectivity index is 1.43. The van der Waals surface area contributed by atoms with Gasteiger partial charge < -0.3 is 4.74 Å². The number of aromatic nitrogens is 2. The SMILES string of the molecule is c1ccc(C2(c3ccc4c(c3)-c3ccccc3-c3cncnc3-c3ccccc3-4)c3ccccc3Oc3ccccc32)cc1. The first kappa shape index (κ1) is 24.8. The molecule has 0 N–H and O–H groups in total. The highest BCUT2D eigenvalue weighted by Gasteiger charge is 2.45. The molecule has 3 nitrogen and oxygen atoms in total. The predicted molar refractivity (Wildman–Crippen MR) is 176 cm³/mol. The zero-order chi connectivity index (χ0) is 29.1. The second-order valence-electron chi connectivity index (χ2n) is 11.3. The average Bonchev–Trinajstić information content (AvgIpc) is 3.10. The van der Waals surface area contributed by atoms with E-state index >= 15 is 0 Å². The molecule has 0 atom stereocenters. The van der Waals surface area contributed by atoms with Crippen molar-refractivity contribution in [2.45, 2.75) is 5.41 Å². The van der Waals surface area contributed by atoms with E-state index < -0.39 is 5.41 Å². The monoisotopic (exact) mass is 562 g/mol. The molecular formula is C41H26N2O. The van der Waals surface area contributed by atoms with Crippen molar-refractivity contribution < 1.29 is 4.74 Å². The van der Waals surface area contributed by atoms with Gasteiger partial charge in [-0.1, -0.05) is 127 Å². The van der Waals surface area contributed by atoms with Gasteiger partial charge in [-0.2, -0.15) is 0 Å². The Morgan fingerprint density at radius 2 is 0.977 bits per heavy atom. The Labute approximate surface area is 256 Å². The lowest BCUT2D eigenvalue weighted by Crippen LogP contribution is -2.34. The van der Waals surface area contributed by atoms with Crippen molar-refractivity contribution in [1.82, 2.24) is 9.97 Å². The fourth-order valence-corrected chi connectivity index (χ4v) is 7.33. The van der Waals surface area contributed by atoms with Crippen molar-refractivity contribution >= 4 is 0 Å². The van der Waals surface area contributed by atoms with Gasteiger partial charge in [-0.3, -0.25) is 0 Å². The minimum atomic E-state index is -0.598. The molecule has 0 fully saturated rings. The van der Waals surface area contributed by atoms with Crippen LogP contribution in [-0.2, 0) is 5.41 Å². The molecule has 206 valence electrons. The van der Waals surface area contributed by atoms with Crippen LogP contribution in [0.4, 0.5) is 0 Å². The lowest BCUT2D eigenvalue weighted by atomic mass is 9.63. The van der Waals surface area contributed by atoms with Gasteiger partial charge >= 0.3 is 0 Å². The summed E-state index contributed by atoms with van der Waals surface area (Å²) in [6, 6.07) is 52.0. The molecule has 1 aliphatic carbocycles. The van der Waals surface area contributed by atoms with E-state index in [9.17, 15) is 0 Å². The normalized spacial score (nSPS) is 13.4. The van der Waals surface area contributed by atoms with Gasteiger partial charge in [-0.15, -0.1) is 0 Å². The molecule has 0 spiro atoms. The van der Waals surface area contributed by atoms with Crippen molar-refractivity contribution in [3.05, 3.63) is 180 Å². The molecule has 7 aromatic rings. The van der Waals surface area contributed by atoms with Crippen LogP contribution in [0.3, 0.4) is 0 Å². The van der Waals surface area contributed by atoms with E-state index in [0.29, 0.717) is 0 Å². The molecule has 0 bridgehead atoms. The molecular weight excluding hydrogens is 536 g/mol. The number of ether oxygens (including phenoxy) is 1. The first-order valence-corrected chi connectivity index (χ1v) is 14.9. The van der Waals surface area contributed by atoms with E-state index in [4.69, 9.17) is 9.72 Å². The minimum absolute atomic E-state index is 0.598. The van der Waals surface area contributed by atoms with Crippen LogP contribution in [-0.4, -0.2) is 9.97 Å². The molecule has 2 aliphatic rings. The first-order chi connectivity index (χ1) is 21.8. The maximum absolute atomic E-state index is 6.55. The summed E-state index contributed by atoms with van der Waals surface area (Å²) >= 11 is 0. The summed E-state index contributed by atoms with van der Waals surface area (Å²) < 4.78 is 6.55. The number of hydrogen-bond acceptors (Lipinski definition) is 3. The molecule has 1 aliphatic heterocycles. The van der Waals surface area contributed by atoms with Crippen LogP contribution >= 0.6 is 0 Å². The Hall–Kier alpha value is -5.80. The van der Waals surface area contributed by atoms with Crippen LogP contribution < -0.4 is 4.74 Å². The topological polar surface area (TPSA) is 35.0 Å². The van der Waals surface area contributed by atoms with Crippen molar-refractivity contribution in [2.24, 2.45) is 0 Å². The summed E-state index contributed by atoms with van der Waals surface area (Å²) in [7, 11) is 0. The number of rotatable bonds is 2. The Morgan fingerprint density at radius 3 is 1.68 bits per heavy atom. The quantitative estimate of drug-likeness (QED) is 0.210. The van der Waals surface area contributed by atoms with Gasteiger partial charge in [0.15, 0.2) is 0 Å². The van der Waals surface area contributed by atoms with Crippen molar-refractivity contribution in [1.29, 1.82) is 0 Å². The van der Waals surface area contributed by atoms with Gasteiger partial charge in [-0.05, 0) is 57.1 Å². The highest BCUT2D eigenvalue weighted by Crippen LogP contribution is 2.56. The summed E-state index contributed by atoms with van der Waals surface area (Å²) in [5.41, 5.74) is 12.9. The Bertz CT molecular complexity index is 2170. The summed E-state index contributed by atoms with van der Waals surface area (Å²) in [4.78, 5) is 9.27. The molecule has 0 saturated heterocycles. The first-order valence-electron chi connectivity index (χ1n) is 14.9. The highest BCUT2D eigenvalue weighted by molar-refractivity contribution is 6.02. The fourth-order valence-electron chi connectivity index (χ4n) is 7.33. The molecule has 3 heteroatoms. The van der Waals surface area contributed by atoms with Crippen LogP contribution in [0.25, 0.3) is 44.6 Å².